The molecule has 4 nitrogen and oxygen atoms in total. The monoisotopic (exact) mass is 315 g/mol. The van der Waals surface area contributed by atoms with Gasteiger partial charge >= 0.3 is 5.97 Å². The fraction of sp³-hybridized carbons (Fsp3) is 0.571. The van der Waals surface area contributed by atoms with Gasteiger partial charge in [0.15, 0.2) is 0 Å². The number of hydrogen-bond acceptors (Lipinski definition) is 5. The molecule has 1 rings (SSSR count). The van der Waals surface area contributed by atoms with Crippen molar-refractivity contribution in [3.63, 3.8) is 0 Å². The lowest BCUT2D eigenvalue weighted by Gasteiger charge is -2.02. The van der Waals surface area contributed by atoms with Crippen molar-refractivity contribution < 1.29 is 14.3 Å². The maximum Gasteiger partial charge on any atom is 0.348 e. The van der Waals surface area contributed by atoms with Crippen LogP contribution < -0.4 is 5.32 Å². The third kappa shape index (κ3) is 5.54. The van der Waals surface area contributed by atoms with Gasteiger partial charge in [0, 0.05) is 0 Å². The topological polar surface area (TPSA) is 55.4 Å². The molecule has 0 atom stereocenters. The molecule has 112 valence electrons. The van der Waals surface area contributed by atoms with Gasteiger partial charge in [0.2, 0.25) is 5.91 Å². The third-order valence-corrected chi connectivity index (χ3v) is 4.69. The fourth-order valence-electron chi connectivity index (χ4n) is 1.53. The second-order valence-corrected chi connectivity index (χ2v) is 6.45. The van der Waals surface area contributed by atoms with Crippen LogP contribution in [0.15, 0.2) is 6.07 Å². The summed E-state index contributed by atoms with van der Waals surface area (Å²) in [6.07, 6.45) is 2.27. The van der Waals surface area contributed by atoms with Gasteiger partial charge in [-0.05, 0) is 37.7 Å². The van der Waals surface area contributed by atoms with Gasteiger partial charge in [0.1, 0.15) is 4.88 Å². The molecule has 0 aliphatic rings. The Morgan fingerprint density at radius 2 is 2.15 bits per heavy atom. The van der Waals surface area contributed by atoms with E-state index in [9.17, 15) is 9.59 Å². The lowest BCUT2D eigenvalue weighted by atomic mass is 10.3. The van der Waals surface area contributed by atoms with Crippen LogP contribution in [0, 0.1) is 6.92 Å². The Hall–Kier alpha value is -1.01. The first-order valence-corrected chi connectivity index (χ1v) is 8.70. The van der Waals surface area contributed by atoms with E-state index in [1.54, 1.807) is 18.7 Å². The number of anilines is 1. The zero-order valence-electron chi connectivity index (χ0n) is 12.2. The van der Waals surface area contributed by atoms with E-state index in [0.717, 1.165) is 24.2 Å². The van der Waals surface area contributed by atoms with Crippen LogP contribution in [0.5, 0.6) is 0 Å². The van der Waals surface area contributed by atoms with E-state index in [-0.39, 0.29) is 11.9 Å². The predicted molar refractivity (Wildman–Crippen MR) is 85.9 cm³/mol. The normalized spacial score (nSPS) is 10.3. The standard InChI is InChI=1S/C14H21NO3S2/c1-4-6-7-19-9-11(16)15-12-8-10(3)13(20-12)14(17)18-5-2/h8H,4-7,9H2,1-3H3,(H,15,16). The van der Waals surface area contributed by atoms with E-state index in [1.165, 1.54) is 11.3 Å². The number of carbonyl (C=O) groups excluding carboxylic acids is 2. The van der Waals surface area contributed by atoms with Crippen molar-refractivity contribution in [2.24, 2.45) is 0 Å². The number of amides is 1. The van der Waals surface area contributed by atoms with Gasteiger partial charge in [-0.2, -0.15) is 11.8 Å². The Balaban J connectivity index is 2.50. The number of hydrogen-bond donors (Lipinski definition) is 1. The zero-order chi connectivity index (χ0) is 15.0. The molecule has 0 saturated carbocycles. The summed E-state index contributed by atoms with van der Waals surface area (Å²) >= 11 is 2.90. The van der Waals surface area contributed by atoms with Crippen LogP contribution in [0.1, 0.15) is 41.9 Å². The fourth-order valence-corrected chi connectivity index (χ4v) is 3.41. The minimum atomic E-state index is -0.326. The molecule has 6 heteroatoms. The molecule has 1 amide bonds. The summed E-state index contributed by atoms with van der Waals surface area (Å²) in [7, 11) is 0. The molecule has 20 heavy (non-hydrogen) atoms. The summed E-state index contributed by atoms with van der Waals surface area (Å²) in [6.45, 7) is 6.10. The Bertz CT molecular complexity index is 457. The van der Waals surface area contributed by atoms with E-state index >= 15 is 0 Å². The molecule has 0 bridgehead atoms. The highest BCUT2D eigenvalue weighted by Gasteiger charge is 2.15. The number of unbranched alkanes of at least 4 members (excludes halogenated alkanes) is 1. The van der Waals surface area contributed by atoms with Gasteiger partial charge in [0.05, 0.1) is 17.4 Å². The Morgan fingerprint density at radius 3 is 2.80 bits per heavy atom. The van der Waals surface area contributed by atoms with Gasteiger partial charge in [-0.15, -0.1) is 11.3 Å². The number of thioether (sulfide) groups is 1. The minimum absolute atomic E-state index is 0.0252. The summed E-state index contributed by atoms with van der Waals surface area (Å²) in [5, 5.41) is 3.53. The zero-order valence-corrected chi connectivity index (χ0v) is 13.8. The molecule has 1 aromatic heterocycles. The second kappa shape index (κ2) is 9.02. The van der Waals surface area contributed by atoms with Crippen LogP contribution in [-0.2, 0) is 9.53 Å². The van der Waals surface area contributed by atoms with E-state index in [0.29, 0.717) is 22.2 Å². The van der Waals surface area contributed by atoms with Crippen LogP contribution in [0.3, 0.4) is 0 Å². The van der Waals surface area contributed by atoms with Gasteiger partial charge in [-0.25, -0.2) is 4.79 Å². The maximum absolute atomic E-state index is 11.8. The van der Waals surface area contributed by atoms with Gasteiger partial charge in [-0.3, -0.25) is 4.79 Å². The van der Waals surface area contributed by atoms with Crippen molar-refractivity contribution >= 4 is 40.0 Å². The molecule has 1 heterocycles. The molecule has 0 aromatic carbocycles. The summed E-state index contributed by atoms with van der Waals surface area (Å²) in [6, 6.07) is 1.81. The average molecular weight is 315 g/mol. The SMILES string of the molecule is CCCCSCC(=O)Nc1cc(C)c(C(=O)OCC)s1. The highest BCUT2D eigenvalue weighted by atomic mass is 32.2. The number of nitrogens with one attached hydrogen (secondary N) is 1. The Kier molecular flexibility index (Phi) is 7.69. The van der Waals surface area contributed by atoms with Crippen molar-refractivity contribution in [3.8, 4) is 0 Å². The molecule has 1 aromatic rings. The summed E-state index contributed by atoms with van der Waals surface area (Å²) in [5.41, 5.74) is 0.836. The van der Waals surface area contributed by atoms with E-state index in [4.69, 9.17) is 4.74 Å². The third-order valence-electron chi connectivity index (χ3n) is 2.52. The number of thiophene rings is 1. The van der Waals surface area contributed by atoms with Crippen molar-refractivity contribution in [2.45, 2.75) is 33.6 Å². The smallest absolute Gasteiger partial charge is 0.348 e. The first-order valence-electron chi connectivity index (χ1n) is 6.73. The van der Waals surface area contributed by atoms with Crippen LogP contribution in [-0.4, -0.2) is 30.0 Å². The van der Waals surface area contributed by atoms with E-state index in [1.807, 2.05) is 13.0 Å². The molecule has 0 fully saturated rings. The van der Waals surface area contributed by atoms with Gasteiger partial charge < -0.3 is 10.1 Å². The Labute approximate surface area is 128 Å². The largest absolute Gasteiger partial charge is 0.462 e. The number of ether oxygens (including phenoxy) is 1. The maximum atomic E-state index is 11.8. The van der Waals surface area contributed by atoms with Gasteiger partial charge in [0.25, 0.3) is 0 Å². The average Bonchev–Trinajstić information content (AvgIpc) is 2.76. The van der Waals surface area contributed by atoms with Crippen LogP contribution in [0.25, 0.3) is 0 Å². The predicted octanol–water partition coefficient (Wildman–Crippen LogP) is 3.71. The second-order valence-electron chi connectivity index (χ2n) is 4.30. The van der Waals surface area contributed by atoms with Crippen molar-refractivity contribution in [3.05, 3.63) is 16.5 Å². The molecule has 0 unspecified atom stereocenters. The van der Waals surface area contributed by atoms with E-state index in [2.05, 4.69) is 12.2 Å². The van der Waals surface area contributed by atoms with Crippen molar-refractivity contribution in [1.82, 2.24) is 0 Å². The molecule has 0 saturated heterocycles. The first-order chi connectivity index (χ1) is 9.58. The number of carbonyl (C=O) groups is 2. The van der Waals surface area contributed by atoms with E-state index < -0.39 is 0 Å². The highest BCUT2D eigenvalue weighted by Crippen LogP contribution is 2.27. The molecule has 0 radical (unpaired) electrons. The number of esters is 1. The Morgan fingerprint density at radius 1 is 1.40 bits per heavy atom. The van der Waals surface area contributed by atoms with Crippen molar-refractivity contribution in [1.29, 1.82) is 0 Å². The molecular weight excluding hydrogens is 294 g/mol. The lowest BCUT2D eigenvalue weighted by Crippen LogP contribution is -2.13. The molecule has 1 N–H and O–H groups in total. The minimum Gasteiger partial charge on any atom is -0.462 e. The van der Waals surface area contributed by atoms with Crippen LogP contribution in [0.2, 0.25) is 0 Å². The van der Waals surface area contributed by atoms with Gasteiger partial charge in [-0.1, -0.05) is 13.3 Å². The van der Waals surface area contributed by atoms with Crippen molar-refractivity contribution in [2.75, 3.05) is 23.4 Å². The quantitative estimate of drug-likeness (QED) is 0.587. The molecule has 0 aliphatic heterocycles. The summed E-state index contributed by atoms with van der Waals surface area (Å²) < 4.78 is 4.97. The van der Waals surface area contributed by atoms with Crippen LogP contribution in [0.4, 0.5) is 5.00 Å². The molecule has 0 aliphatic carbocycles. The number of rotatable bonds is 8. The van der Waals surface area contributed by atoms with Crippen LogP contribution >= 0.6 is 23.1 Å². The highest BCUT2D eigenvalue weighted by molar-refractivity contribution is 7.99. The number of aryl methyl sites for hydroxylation is 1. The first kappa shape index (κ1) is 17.0. The lowest BCUT2D eigenvalue weighted by molar-refractivity contribution is -0.113. The molecule has 0 spiro atoms. The summed E-state index contributed by atoms with van der Waals surface area (Å²) in [5.74, 6) is 1.10. The molecular formula is C14H21NO3S2. The summed E-state index contributed by atoms with van der Waals surface area (Å²) in [4.78, 5) is 24.0.